The first-order chi connectivity index (χ1) is 9.75. The minimum absolute atomic E-state index is 0.349. The van der Waals surface area contributed by atoms with Crippen molar-refractivity contribution in [2.75, 3.05) is 0 Å². The highest BCUT2D eigenvalue weighted by atomic mass is 79.9. The molecular weight excluding hydrogens is 316 g/mol. The van der Waals surface area contributed by atoms with E-state index in [0.717, 1.165) is 15.2 Å². The SMILES string of the molecule is O=C(Oc1ccc(Br)c2ccccc12)c1ccccc1. The molecule has 0 bridgehead atoms. The molecule has 3 rings (SSSR count). The maximum atomic E-state index is 12.1. The molecule has 0 aromatic heterocycles. The van der Waals surface area contributed by atoms with Gasteiger partial charge < -0.3 is 4.74 Å². The number of esters is 1. The largest absolute Gasteiger partial charge is 0.422 e. The van der Waals surface area contributed by atoms with Gasteiger partial charge in [0.25, 0.3) is 0 Å². The number of hydrogen-bond acceptors (Lipinski definition) is 2. The maximum Gasteiger partial charge on any atom is 0.343 e. The first-order valence-electron chi connectivity index (χ1n) is 6.20. The van der Waals surface area contributed by atoms with E-state index in [1.54, 1.807) is 18.2 Å². The Hall–Kier alpha value is -2.13. The molecular formula is C17H11BrO2. The van der Waals surface area contributed by atoms with Crippen LogP contribution < -0.4 is 4.74 Å². The summed E-state index contributed by atoms with van der Waals surface area (Å²) >= 11 is 3.50. The quantitative estimate of drug-likeness (QED) is 0.498. The van der Waals surface area contributed by atoms with E-state index in [0.29, 0.717) is 11.3 Å². The van der Waals surface area contributed by atoms with E-state index in [1.807, 2.05) is 48.5 Å². The molecule has 0 radical (unpaired) electrons. The molecule has 98 valence electrons. The van der Waals surface area contributed by atoms with Crippen molar-refractivity contribution in [3.05, 3.63) is 76.8 Å². The molecule has 0 aliphatic heterocycles. The lowest BCUT2D eigenvalue weighted by Crippen LogP contribution is -2.08. The van der Waals surface area contributed by atoms with E-state index in [9.17, 15) is 4.79 Å². The molecule has 3 aromatic rings. The van der Waals surface area contributed by atoms with Crippen molar-refractivity contribution in [1.29, 1.82) is 0 Å². The lowest BCUT2D eigenvalue weighted by molar-refractivity contribution is 0.0737. The molecule has 3 aromatic carbocycles. The summed E-state index contributed by atoms with van der Waals surface area (Å²) in [7, 11) is 0. The lowest BCUT2D eigenvalue weighted by Gasteiger charge is -2.09. The van der Waals surface area contributed by atoms with Crippen molar-refractivity contribution in [3.8, 4) is 5.75 Å². The molecule has 2 nitrogen and oxygen atoms in total. The lowest BCUT2D eigenvalue weighted by atomic mass is 10.1. The predicted octanol–water partition coefficient (Wildman–Crippen LogP) is 4.82. The van der Waals surface area contributed by atoms with Crippen molar-refractivity contribution in [2.45, 2.75) is 0 Å². The number of hydrogen-bond donors (Lipinski definition) is 0. The fraction of sp³-hybridized carbons (Fsp3) is 0. The smallest absolute Gasteiger partial charge is 0.343 e. The van der Waals surface area contributed by atoms with Crippen LogP contribution >= 0.6 is 15.9 Å². The van der Waals surface area contributed by atoms with Gasteiger partial charge in [0.15, 0.2) is 0 Å². The summed E-state index contributed by atoms with van der Waals surface area (Å²) in [6, 6.07) is 20.5. The van der Waals surface area contributed by atoms with Gasteiger partial charge in [-0.1, -0.05) is 58.4 Å². The zero-order chi connectivity index (χ0) is 13.9. The average molecular weight is 327 g/mol. The second-order valence-electron chi connectivity index (χ2n) is 4.35. The maximum absolute atomic E-state index is 12.1. The Morgan fingerprint density at radius 1 is 0.800 bits per heavy atom. The van der Waals surface area contributed by atoms with Gasteiger partial charge in [0.2, 0.25) is 0 Å². The van der Waals surface area contributed by atoms with Crippen molar-refractivity contribution in [2.24, 2.45) is 0 Å². The van der Waals surface area contributed by atoms with Gasteiger partial charge in [0, 0.05) is 9.86 Å². The minimum atomic E-state index is -0.349. The Balaban J connectivity index is 2.00. The topological polar surface area (TPSA) is 26.3 Å². The van der Waals surface area contributed by atoms with E-state index in [4.69, 9.17) is 4.74 Å². The molecule has 0 fully saturated rings. The van der Waals surface area contributed by atoms with Crippen LogP contribution in [0.15, 0.2) is 71.2 Å². The number of rotatable bonds is 2. The predicted molar refractivity (Wildman–Crippen MR) is 83.0 cm³/mol. The summed E-state index contributed by atoms with van der Waals surface area (Å²) in [5, 5.41) is 1.93. The fourth-order valence-electron chi connectivity index (χ4n) is 2.06. The first kappa shape index (κ1) is 12.9. The third kappa shape index (κ3) is 2.45. The normalized spacial score (nSPS) is 10.4. The van der Waals surface area contributed by atoms with Crippen molar-refractivity contribution in [3.63, 3.8) is 0 Å². The van der Waals surface area contributed by atoms with Crippen molar-refractivity contribution in [1.82, 2.24) is 0 Å². The average Bonchev–Trinajstić information content (AvgIpc) is 2.51. The van der Waals surface area contributed by atoms with Crippen LogP contribution in [0.4, 0.5) is 0 Å². The highest BCUT2D eigenvalue weighted by Crippen LogP contribution is 2.31. The van der Waals surface area contributed by atoms with E-state index in [2.05, 4.69) is 15.9 Å². The summed E-state index contributed by atoms with van der Waals surface area (Å²) < 4.78 is 6.49. The van der Waals surface area contributed by atoms with Crippen molar-refractivity contribution >= 4 is 32.7 Å². The second kappa shape index (κ2) is 5.47. The minimum Gasteiger partial charge on any atom is -0.422 e. The van der Waals surface area contributed by atoms with Gasteiger partial charge in [0.1, 0.15) is 5.75 Å². The van der Waals surface area contributed by atoms with Gasteiger partial charge in [0.05, 0.1) is 5.56 Å². The molecule has 0 spiro atoms. The molecule has 3 heteroatoms. The standard InChI is InChI=1S/C17H11BrO2/c18-15-10-11-16(14-9-5-4-8-13(14)15)20-17(19)12-6-2-1-3-7-12/h1-11H. The number of fused-ring (bicyclic) bond motifs is 1. The first-order valence-corrected chi connectivity index (χ1v) is 6.99. The molecule has 0 aliphatic rings. The zero-order valence-corrected chi connectivity index (χ0v) is 12.1. The monoisotopic (exact) mass is 326 g/mol. The summed E-state index contributed by atoms with van der Waals surface area (Å²) in [5.41, 5.74) is 0.541. The third-order valence-electron chi connectivity index (χ3n) is 3.04. The highest BCUT2D eigenvalue weighted by Gasteiger charge is 2.11. The fourth-order valence-corrected chi connectivity index (χ4v) is 2.53. The molecule has 0 aliphatic carbocycles. The summed E-state index contributed by atoms with van der Waals surface area (Å²) in [6.45, 7) is 0. The van der Waals surface area contributed by atoms with Crippen molar-refractivity contribution < 1.29 is 9.53 Å². The summed E-state index contributed by atoms with van der Waals surface area (Å²) in [5.74, 6) is 0.218. The Bertz CT molecular complexity index is 766. The van der Waals surface area contributed by atoms with Crippen LogP contribution in [0.25, 0.3) is 10.8 Å². The van der Waals surface area contributed by atoms with Gasteiger partial charge in [-0.2, -0.15) is 0 Å². The van der Waals surface area contributed by atoms with Crippen LogP contribution in [0, 0.1) is 0 Å². The Morgan fingerprint density at radius 3 is 2.20 bits per heavy atom. The van der Waals surface area contributed by atoms with E-state index < -0.39 is 0 Å². The molecule has 0 heterocycles. The van der Waals surface area contributed by atoms with Crippen LogP contribution in [-0.2, 0) is 0 Å². The Kier molecular flexibility index (Phi) is 3.52. The molecule has 0 unspecified atom stereocenters. The Morgan fingerprint density at radius 2 is 1.45 bits per heavy atom. The van der Waals surface area contributed by atoms with Gasteiger partial charge in [-0.25, -0.2) is 4.79 Å². The van der Waals surface area contributed by atoms with Crippen LogP contribution in [-0.4, -0.2) is 5.97 Å². The molecule has 0 N–H and O–H groups in total. The molecule has 20 heavy (non-hydrogen) atoms. The number of halogens is 1. The highest BCUT2D eigenvalue weighted by molar-refractivity contribution is 9.10. The van der Waals surface area contributed by atoms with Gasteiger partial charge >= 0.3 is 5.97 Å². The van der Waals surface area contributed by atoms with Gasteiger partial charge in [-0.3, -0.25) is 0 Å². The van der Waals surface area contributed by atoms with Crippen LogP contribution in [0.1, 0.15) is 10.4 Å². The number of carbonyl (C=O) groups excluding carboxylic acids is 1. The molecule has 0 saturated carbocycles. The van der Waals surface area contributed by atoms with Crippen LogP contribution in [0.3, 0.4) is 0 Å². The van der Waals surface area contributed by atoms with Gasteiger partial charge in [-0.15, -0.1) is 0 Å². The Labute approximate surface area is 125 Å². The zero-order valence-electron chi connectivity index (χ0n) is 10.5. The van der Waals surface area contributed by atoms with Crippen LogP contribution in [0.2, 0.25) is 0 Å². The summed E-state index contributed by atoms with van der Waals surface area (Å²) in [4.78, 5) is 12.1. The molecule has 0 saturated heterocycles. The molecule has 0 amide bonds. The van der Waals surface area contributed by atoms with E-state index >= 15 is 0 Å². The van der Waals surface area contributed by atoms with E-state index in [-0.39, 0.29) is 5.97 Å². The number of benzene rings is 3. The summed E-state index contributed by atoms with van der Waals surface area (Å²) in [6.07, 6.45) is 0. The number of carbonyl (C=O) groups is 1. The number of ether oxygens (including phenoxy) is 1. The van der Waals surface area contributed by atoms with Gasteiger partial charge in [-0.05, 0) is 29.7 Å². The van der Waals surface area contributed by atoms with Crippen LogP contribution in [0.5, 0.6) is 5.75 Å². The van der Waals surface area contributed by atoms with E-state index in [1.165, 1.54) is 0 Å². The third-order valence-corrected chi connectivity index (χ3v) is 3.73. The second-order valence-corrected chi connectivity index (χ2v) is 5.20. The molecule has 0 atom stereocenters.